The Bertz CT molecular complexity index is 493. The summed E-state index contributed by atoms with van der Waals surface area (Å²) in [6, 6.07) is 20.0. The quantitative estimate of drug-likeness (QED) is 0.636. The Morgan fingerprint density at radius 2 is 1.40 bits per heavy atom. The summed E-state index contributed by atoms with van der Waals surface area (Å²) in [5, 5.41) is 0. The molecule has 1 unspecified atom stereocenters. The molecule has 0 nitrogen and oxygen atoms in total. The SMILES string of the molecule is CC(C)Cc1ccc(C(C)CCc2ccccc2)cc1. The maximum Gasteiger partial charge on any atom is -0.0187 e. The molecule has 0 heteroatoms. The maximum atomic E-state index is 2.33. The zero-order valence-corrected chi connectivity index (χ0v) is 13.0. The molecule has 0 aliphatic rings. The monoisotopic (exact) mass is 266 g/mol. The molecule has 0 saturated heterocycles. The third kappa shape index (κ3) is 4.52. The van der Waals surface area contributed by atoms with Crippen LogP contribution >= 0.6 is 0 Å². The van der Waals surface area contributed by atoms with E-state index in [0.29, 0.717) is 5.92 Å². The Balaban J connectivity index is 1.90. The minimum absolute atomic E-state index is 0.628. The van der Waals surface area contributed by atoms with E-state index in [1.165, 1.54) is 29.5 Å². The third-order valence-electron chi connectivity index (χ3n) is 3.90. The molecule has 0 bridgehead atoms. The Labute approximate surface area is 123 Å². The average molecular weight is 266 g/mol. The second kappa shape index (κ2) is 7.28. The Kier molecular flexibility index (Phi) is 5.40. The number of aryl methyl sites for hydroxylation is 1. The van der Waals surface area contributed by atoms with Crippen LogP contribution < -0.4 is 0 Å². The van der Waals surface area contributed by atoms with Gasteiger partial charge in [-0.05, 0) is 47.8 Å². The standard InChI is InChI=1S/C20H26/c1-16(2)15-19-11-13-20(14-12-19)17(3)9-10-18-7-5-4-6-8-18/h4-8,11-14,16-17H,9-10,15H2,1-3H3. The summed E-state index contributed by atoms with van der Waals surface area (Å²) >= 11 is 0. The highest BCUT2D eigenvalue weighted by Crippen LogP contribution is 2.22. The van der Waals surface area contributed by atoms with Crippen molar-refractivity contribution < 1.29 is 0 Å². The van der Waals surface area contributed by atoms with E-state index in [4.69, 9.17) is 0 Å². The molecule has 0 aliphatic heterocycles. The van der Waals surface area contributed by atoms with E-state index in [0.717, 1.165) is 12.3 Å². The lowest BCUT2D eigenvalue weighted by Gasteiger charge is -2.13. The predicted molar refractivity (Wildman–Crippen MR) is 88.2 cm³/mol. The molecule has 0 heterocycles. The van der Waals surface area contributed by atoms with Crippen LogP contribution in [0.5, 0.6) is 0 Å². The molecule has 20 heavy (non-hydrogen) atoms. The second-order valence-electron chi connectivity index (χ2n) is 6.26. The summed E-state index contributed by atoms with van der Waals surface area (Å²) in [5.41, 5.74) is 4.36. The highest BCUT2D eigenvalue weighted by Gasteiger charge is 2.06. The first-order valence-electron chi connectivity index (χ1n) is 7.78. The van der Waals surface area contributed by atoms with Gasteiger partial charge in [-0.2, -0.15) is 0 Å². The normalized spacial score (nSPS) is 12.6. The van der Waals surface area contributed by atoms with Crippen LogP contribution in [-0.4, -0.2) is 0 Å². The van der Waals surface area contributed by atoms with Gasteiger partial charge >= 0.3 is 0 Å². The van der Waals surface area contributed by atoms with Gasteiger partial charge in [0.2, 0.25) is 0 Å². The van der Waals surface area contributed by atoms with E-state index in [1.54, 1.807) is 0 Å². The first-order valence-corrected chi connectivity index (χ1v) is 7.78. The van der Waals surface area contributed by atoms with Crippen LogP contribution in [0.15, 0.2) is 54.6 Å². The van der Waals surface area contributed by atoms with Crippen molar-refractivity contribution in [1.29, 1.82) is 0 Å². The summed E-state index contributed by atoms with van der Waals surface area (Å²) in [4.78, 5) is 0. The van der Waals surface area contributed by atoms with Gasteiger partial charge in [-0.15, -0.1) is 0 Å². The van der Waals surface area contributed by atoms with E-state index in [1.807, 2.05) is 0 Å². The number of hydrogen-bond acceptors (Lipinski definition) is 0. The lowest BCUT2D eigenvalue weighted by Crippen LogP contribution is -1.98. The smallest absolute Gasteiger partial charge is 0.0187 e. The largest absolute Gasteiger partial charge is 0.0625 e. The van der Waals surface area contributed by atoms with Crippen molar-refractivity contribution in [2.45, 2.75) is 46.0 Å². The van der Waals surface area contributed by atoms with Crippen molar-refractivity contribution in [3.8, 4) is 0 Å². The van der Waals surface area contributed by atoms with Crippen LogP contribution in [0.4, 0.5) is 0 Å². The van der Waals surface area contributed by atoms with E-state index in [-0.39, 0.29) is 0 Å². The van der Waals surface area contributed by atoms with Crippen LogP contribution in [-0.2, 0) is 12.8 Å². The summed E-state index contributed by atoms with van der Waals surface area (Å²) in [6.07, 6.45) is 3.56. The lowest BCUT2D eigenvalue weighted by molar-refractivity contribution is 0.645. The number of hydrogen-bond donors (Lipinski definition) is 0. The summed E-state index contributed by atoms with van der Waals surface area (Å²) in [5.74, 6) is 1.36. The van der Waals surface area contributed by atoms with Crippen molar-refractivity contribution >= 4 is 0 Å². The Morgan fingerprint density at radius 1 is 0.750 bits per heavy atom. The molecule has 0 N–H and O–H groups in total. The molecule has 2 rings (SSSR count). The molecule has 0 amide bonds. The predicted octanol–water partition coefficient (Wildman–Crippen LogP) is 5.62. The zero-order valence-electron chi connectivity index (χ0n) is 13.0. The number of rotatable bonds is 6. The van der Waals surface area contributed by atoms with Crippen molar-refractivity contribution in [3.05, 3.63) is 71.3 Å². The lowest BCUT2D eigenvalue weighted by atomic mass is 9.92. The van der Waals surface area contributed by atoms with E-state index in [2.05, 4.69) is 75.4 Å². The molecule has 0 aliphatic carbocycles. The molecule has 1 atom stereocenters. The Morgan fingerprint density at radius 3 is 2.00 bits per heavy atom. The highest BCUT2D eigenvalue weighted by molar-refractivity contribution is 5.26. The summed E-state index contributed by atoms with van der Waals surface area (Å²) < 4.78 is 0. The van der Waals surface area contributed by atoms with Gasteiger partial charge in [0.15, 0.2) is 0 Å². The van der Waals surface area contributed by atoms with E-state index >= 15 is 0 Å². The van der Waals surface area contributed by atoms with Gasteiger partial charge in [-0.1, -0.05) is 75.4 Å². The maximum absolute atomic E-state index is 2.33. The molecule has 2 aromatic carbocycles. The topological polar surface area (TPSA) is 0 Å². The molecule has 0 spiro atoms. The van der Waals surface area contributed by atoms with Gasteiger partial charge in [-0.3, -0.25) is 0 Å². The molecular formula is C20H26. The van der Waals surface area contributed by atoms with Gasteiger partial charge in [0, 0.05) is 0 Å². The van der Waals surface area contributed by atoms with Gasteiger partial charge in [0.1, 0.15) is 0 Å². The minimum Gasteiger partial charge on any atom is -0.0625 e. The first-order chi connectivity index (χ1) is 9.65. The zero-order chi connectivity index (χ0) is 14.4. The summed E-state index contributed by atoms with van der Waals surface area (Å²) in [6.45, 7) is 6.88. The Hall–Kier alpha value is -1.56. The average Bonchev–Trinajstić information content (AvgIpc) is 2.46. The molecular weight excluding hydrogens is 240 g/mol. The molecule has 2 aromatic rings. The van der Waals surface area contributed by atoms with Crippen LogP contribution in [0.2, 0.25) is 0 Å². The molecule has 106 valence electrons. The van der Waals surface area contributed by atoms with Gasteiger partial charge < -0.3 is 0 Å². The number of benzene rings is 2. The third-order valence-corrected chi connectivity index (χ3v) is 3.90. The van der Waals surface area contributed by atoms with Crippen molar-refractivity contribution in [2.24, 2.45) is 5.92 Å². The van der Waals surface area contributed by atoms with Gasteiger partial charge in [0.05, 0.1) is 0 Å². The molecule has 0 radical (unpaired) electrons. The fourth-order valence-electron chi connectivity index (χ4n) is 2.65. The minimum atomic E-state index is 0.628. The van der Waals surface area contributed by atoms with E-state index in [9.17, 15) is 0 Å². The van der Waals surface area contributed by atoms with Crippen LogP contribution in [0.1, 0.15) is 49.8 Å². The second-order valence-corrected chi connectivity index (χ2v) is 6.26. The first kappa shape index (κ1) is 14.8. The van der Waals surface area contributed by atoms with Crippen molar-refractivity contribution in [3.63, 3.8) is 0 Å². The molecule has 0 fully saturated rings. The van der Waals surface area contributed by atoms with E-state index < -0.39 is 0 Å². The fourth-order valence-corrected chi connectivity index (χ4v) is 2.65. The van der Waals surface area contributed by atoms with Gasteiger partial charge in [-0.25, -0.2) is 0 Å². The highest BCUT2D eigenvalue weighted by atomic mass is 14.1. The molecule has 0 aromatic heterocycles. The molecule has 0 saturated carbocycles. The van der Waals surface area contributed by atoms with Crippen LogP contribution in [0.25, 0.3) is 0 Å². The van der Waals surface area contributed by atoms with Crippen LogP contribution in [0, 0.1) is 5.92 Å². The summed E-state index contributed by atoms with van der Waals surface area (Å²) in [7, 11) is 0. The van der Waals surface area contributed by atoms with Crippen molar-refractivity contribution in [2.75, 3.05) is 0 Å². The fraction of sp³-hybridized carbons (Fsp3) is 0.400. The van der Waals surface area contributed by atoms with Crippen LogP contribution in [0.3, 0.4) is 0 Å². The van der Waals surface area contributed by atoms with Gasteiger partial charge in [0.25, 0.3) is 0 Å². The van der Waals surface area contributed by atoms with Crippen molar-refractivity contribution in [1.82, 2.24) is 0 Å².